The normalized spacial score (nSPS) is 11.0. The van der Waals surface area contributed by atoms with Gasteiger partial charge in [0.25, 0.3) is 0 Å². The number of urea groups is 1. The highest BCUT2D eigenvalue weighted by molar-refractivity contribution is 7.17. The van der Waals surface area contributed by atoms with Gasteiger partial charge in [-0.1, -0.05) is 56.7 Å². The van der Waals surface area contributed by atoms with Gasteiger partial charge in [0.1, 0.15) is 0 Å². The van der Waals surface area contributed by atoms with Crippen LogP contribution in [0.4, 0.5) is 15.5 Å². The Hall–Kier alpha value is -2.33. The van der Waals surface area contributed by atoms with Gasteiger partial charge in [-0.25, -0.2) is 4.79 Å². The minimum absolute atomic E-state index is 0.227. The Morgan fingerprint density at radius 2 is 1.76 bits per heavy atom. The number of nitrogens with one attached hydrogen (secondary N) is 2. The number of benzene rings is 1. The molecule has 0 aliphatic carbocycles. The highest BCUT2D eigenvalue weighted by atomic mass is 32.1. The van der Waals surface area contributed by atoms with Crippen LogP contribution in [0.2, 0.25) is 0 Å². The first-order valence-electron chi connectivity index (χ1n) is 8.70. The number of aryl methyl sites for hydroxylation is 1. The number of rotatable bonds is 5. The molecule has 3 nitrogen and oxygen atoms in total. The van der Waals surface area contributed by atoms with Gasteiger partial charge in [0.05, 0.1) is 5.00 Å². The van der Waals surface area contributed by atoms with E-state index in [0.29, 0.717) is 0 Å². The number of thiophene rings is 1. The molecule has 0 unspecified atom stereocenters. The summed E-state index contributed by atoms with van der Waals surface area (Å²) in [7, 11) is 0. The third kappa shape index (κ3) is 6.98. The number of hydrogen-bond acceptors (Lipinski definition) is 2. The number of hydrogen-bond donors (Lipinski definition) is 2. The van der Waals surface area contributed by atoms with Gasteiger partial charge < -0.3 is 5.32 Å². The fourth-order valence-corrected chi connectivity index (χ4v) is 3.04. The maximum absolute atomic E-state index is 12.1. The summed E-state index contributed by atoms with van der Waals surface area (Å²) in [6, 6.07) is 11.5. The maximum atomic E-state index is 12.1. The van der Waals surface area contributed by atoms with Gasteiger partial charge in [0.15, 0.2) is 0 Å². The molecule has 0 saturated heterocycles. The Bertz CT molecular complexity index is 712. The van der Waals surface area contributed by atoms with Gasteiger partial charge >= 0.3 is 6.03 Å². The van der Waals surface area contributed by atoms with Crippen molar-refractivity contribution in [3.63, 3.8) is 0 Å². The number of anilines is 2. The number of amides is 2. The molecule has 25 heavy (non-hydrogen) atoms. The molecule has 2 amide bonds. The lowest BCUT2D eigenvalue weighted by molar-refractivity contribution is 0.262. The molecule has 0 fully saturated rings. The highest BCUT2D eigenvalue weighted by Gasteiger charge is 2.07. The van der Waals surface area contributed by atoms with Crippen molar-refractivity contribution in [2.75, 3.05) is 10.6 Å². The van der Waals surface area contributed by atoms with E-state index in [4.69, 9.17) is 0 Å². The van der Waals surface area contributed by atoms with Gasteiger partial charge in [-0.15, -0.1) is 11.3 Å². The van der Waals surface area contributed by atoms with Crippen LogP contribution in [0.5, 0.6) is 0 Å². The van der Waals surface area contributed by atoms with Crippen LogP contribution >= 0.6 is 11.3 Å². The van der Waals surface area contributed by atoms with E-state index in [2.05, 4.69) is 29.7 Å². The van der Waals surface area contributed by atoms with Crippen molar-refractivity contribution in [3.8, 4) is 0 Å². The maximum Gasteiger partial charge on any atom is 0.324 e. The Balaban J connectivity index is 0.00000151. The van der Waals surface area contributed by atoms with Crippen LogP contribution in [-0.4, -0.2) is 6.03 Å². The molecule has 0 bridgehead atoms. The Morgan fingerprint density at radius 1 is 1.08 bits per heavy atom. The van der Waals surface area contributed by atoms with Crippen molar-refractivity contribution in [1.82, 2.24) is 0 Å². The summed E-state index contributed by atoms with van der Waals surface area (Å²) in [5, 5.41) is 6.55. The predicted molar refractivity (Wildman–Crippen MR) is 113 cm³/mol. The molecule has 0 aliphatic heterocycles. The molecule has 0 aliphatic rings. The van der Waals surface area contributed by atoms with Gasteiger partial charge in [-0.3, -0.25) is 5.32 Å². The summed E-state index contributed by atoms with van der Waals surface area (Å²) in [5.74, 6) is 0. The van der Waals surface area contributed by atoms with Gasteiger partial charge in [0, 0.05) is 10.6 Å². The highest BCUT2D eigenvalue weighted by Crippen LogP contribution is 2.29. The van der Waals surface area contributed by atoms with Crippen molar-refractivity contribution in [2.24, 2.45) is 0 Å². The first-order chi connectivity index (χ1) is 12.1. The first kappa shape index (κ1) is 20.7. The molecular weight excluding hydrogens is 328 g/mol. The summed E-state index contributed by atoms with van der Waals surface area (Å²) < 4.78 is 0. The fourth-order valence-electron chi connectivity index (χ4n) is 2.12. The van der Waals surface area contributed by atoms with Crippen molar-refractivity contribution in [1.29, 1.82) is 0 Å². The monoisotopic (exact) mass is 356 g/mol. The molecule has 1 heterocycles. The summed E-state index contributed by atoms with van der Waals surface area (Å²) in [6.07, 6.45) is 7.28. The molecule has 0 radical (unpaired) electrons. The predicted octanol–water partition coefficient (Wildman–Crippen LogP) is 7.10. The first-order valence-corrected chi connectivity index (χ1v) is 9.51. The van der Waals surface area contributed by atoms with Crippen molar-refractivity contribution < 1.29 is 4.79 Å². The van der Waals surface area contributed by atoms with Crippen LogP contribution in [0.3, 0.4) is 0 Å². The topological polar surface area (TPSA) is 41.1 Å². The molecule has 4 heteroatoms. The van der Waals surface area contributed by atoms with Crippen LogP contribution in [0.15, 0.2) is 54.6 Å². The van der Waals surface area contributed by atoms with Crippen LogP contribution in [0, 0.1) is 6.92 Å². The second-order valence-corrected chi connectivity index (χ2v) is 6.26. The van der Waals surface area contributed by atoms with Gasteiger partial charge in [-0.05, 0) is 50.1 Å². The average Bonchev–Trinajstić information content (AvgIpc) is 3.07. The van der Waals surface area contributed by atoms with Gasteiger partial charge in [-0.2, -0.15) is 0 Å². The Kier molecular flexibility index (Phi) is 9.33. The zero-order chi connectivity index (χ0) is 18.7. The molecular formula is C21H28N2OS. The molecule has 134 valence electrons. The smallest absolute Gasteiger partial charge is 0.308 e. The quantitative estimate of drug-likeness (QED) is 0.551. The second kappa shape index (κ2) is 11.3. The SMILES string of the molecule is C/C=C\C(=C/CC)c1ccc(NC(=O)Nc2ccc(C)cc2)s1.CC. The van der Waals surface area contributed by atoms with E-state index < -0.39 is 0 Å². The van der Waals surface area contributed by atoms with E-state index >= 15 is 0 Å². The third-order valence-corrected chi connectivity index (χ3v) is 4.26. The molecule has 2 rings (SSSR count). The third-order valence-electron chi connectivity index (χ3n) is 3.21. The van der Waals surface area contributed by atoms with Gasteiger partial charge in [0.2, 0.25) is 0 Å². The molecule has 2 N–H and O–H groups in total. The van der Waals surface area contributed by atoms with E-state index in [0.717, 1.165) is 27.5 Å². The van der Waals surface area contributed by atoms with E-state index in [1.54, 1.807) is 11.3 Å². The minimum Gasteiger partial charge on any atom is -0.308 e. The molecule has 0 spiro atoms. The Morgan fingerprint density at radius 3 is 2.36 bits per heavy atom. The minimum atomic E-state index is -0.227. The molecule has 1 aromatic carbocycles. The lowest BCUT2D eigenvalue weighted by atomic mass is 10.2. The summed E-state index contributed by atoms with van der Waals surface area (Å²) in [5.41, 5.74) is 3.13. The van der Waals surface area contributed by atoms with Crippen LogP contribution in [0.25, 0.3) is 5.57 Å². The fraction of sp³-hybridized carbons (Fsp3) is 0.286. The molecule has 0 saturated carbocycles. The van der Waals surface area contributed by atoms with Crippen molar-refractivity contribution >= 4 is 33.6 Å². The number of carbonyl (C=O) groups is 1. The van der Waals surface area contributed by atoms with Crippen LogP contribution < -0.4 is 10.6 Å². The standard InChI is InChI=1S/C19H22N2OS.C2H6/c1-4-6-15(7-5-2)17-12-13-18(23-17)21-19(22)20-16-10-8-14(3)9-11-16;1-2/h4,6-13H,5H2,1-3H3,(H2,20,21,22);1-2H3/b6-4-,15-7+;. The largest absolute Gasteiger partial charge is 0.324 e. The molecule has 2 aromatic rings. The number of carbonyl (C=O) groups excluding carboxylic acids is 1. The summed E-state index contributed by atoms with van der Waals surface area (Å²) >= 11 is 1.57. The lowest BCUT2D eigenvalue weighted by Gasteiger charge is -2.06. The van der Waals surface area contributed by atoms with Crippen LogP contribution in [-0.2, 0) is 0 Å². The lowest BCUT2D eigenvalue weighted by Crippen LogP contribution is -2.18. The summed E-state index contributed by atoms with van der Waals surface area (Å²) in [4.78, 5) is 13.2. The molecule has 1 aromatic heterocycles. The zero-order valence-corrected chi connectivity index (χ0v) is 16.5. The number of allylic oxidation sites excluding steroid dienone is 4. The van der Waals surface area contributed by atoms with Crippen molar-refractivity contribution in [2.45, 2.75) is 41.0 Å². The average molecular weight is 357 g/mol. The summed E-state index contributed by atoms with van der Waals surface area (Å²) in [6.45, 7) is 10.1. The molecule has 0 atom stereocenters. The van der Waals surface area contributed by atoms with E-state index in [9.17, 15) is 4.79 Å². The van der Waals surface area contributed by atoms with Crippen LogP contribution in [0.1, 0.15) is 44.6 Å². The van der Waals surface area contributed by atoms with E-state index in [1.807, 2.05) is 70.2 Å². The second-order valence-electron chi connectivity index (χ2n) is 5.18. The zero-order valence-electron chi connectivity index (χ0n) is 15.7. The van der Waals surface area contributed by atoms with E-state index in [-0.39, 0.29) is 6.03 Å². The van der Waals surface area contributed by atoms with E-state index in [1.165, 1.54) is 5.57 Å². The Labute approximate surface area is 155 Å². The van der Waals surface area contributed by atoms with Crippen molar-refractivity contribution in [3.05, 3.63) is 65.1 Å².